The third-order valence-corrected chi connectivity index (χ3v) is 6.62. The minimum Gasteiger partial charge on any atom is -0.497 e. The van der Waals surface area contributed by atoms with Gasteiger partial charge in [-0.2, -0.15) is 8.42 Å². The van der Waals surface area contributed by atoms with Crippen LogP contribution in [0, 0.1) is 0 Å². The van der Waals surface area contributed by atoms with Gasteiger partial charge in [0.05, 0.1) is 57.1 Å². The van der Waals surface area contributed by atoms with Crippen LogP contribution < -0.4 is 24.2 Å². The minimum atomic E-state index is -4.07. The summed E-state index contributed by atoms with van der Waals surface area (Å²) in [6.45, 7) is 1.42. The highest BCUT2D eigenvalue weighted by molar-refractivity contribution is 7.92. The van der Waals surface area contributed by atoms with Gasteiger partial charge in [0.1, 0.15) is 12.4 Å². The second-order valence-electron chi connectivity index (χ2n) is 8.18. The number of para-hydroxylation sites is 2. The van der Waals surface area contributed by atoms with Gasteiger partial charge in [0.15, 0.2) is 28.2 Å². The number of hydrogen-bond donors (Lipinski definition) is 2. The molecule has 0 aliphatic carbocycles. The maximum atomic E-state index is 13.1. The highest BCUT2D eigenvalue weighted by Gasteiger charge is 2.23. The molecule has 2 heterocycles. The molecule has 2 aromatic heterocycles. The average molecular weight is 559 g/mol. The van der Waals surface area contributed by atoms with Crippen LogP contribution in [-0.4, -0.2) is 75.7 Å². The standard InChI is InChI=1S/C25H30N6O7S/c1-31-15-22(26-16-31)39(32,33)30-25-24(27-18-7-5-6-8-19(18)28-25)29-20-13-17(35-3)14-21(36-4)23(20)38-12-11-37-10-9-34-2/h5-8,13-16H,9-12H2,1-4H3,(H,27,29)(H,28,30). The number of imidazole rings is 1. The fourth-order valence-electron chi connectivity index (χ4n) is 3.53. The molecule has 39 heavy (non-hydrogen) atoms. The van der Waals surface area contributed by atoms with Gasteiger partial charge in [-0.25, -0.2) is 15.0 Å². The first-order chi connectivity index (χ1) is 18.8. The van der Waals surface area contributed by atoms with Crippen molar-refractivity contribution in [3.8, 4) is 17.2 Å². The van der Waals surface area contributed by atoms with Crippen LogP contribution in [0.5, 0.6) is 17.2 Å². The summed E-state index contributed by atoms with van der Waals surface area (Å²) in [5.41, 5.74) is 1.45. The van der Waals surface area contributed by atoms with Crippen LogP contribution in [0.3, 0.4) is 0 Å². The Hall–Kier alpha value is -4.14. The summed E-state index contributed by atoms with van der Waals surface area (Å²) in [7, 11) is 2.23. The first kappa shape index (κ1) is 27.9. The van der Waals surface area contributed by atoms with Crippen molar-refractivity contribution >= 4 is 38.4 Å². The maximum Gasteiger partial charge on any atom is 0.282 e. The van der Waals surface area contributed by atoms with Crippen molar-refractivity contribution in [3.05, 3.63) is 48.9 Å². The van der Waals surface area contributed by atoms with Crippen LogP contribution in [0.25, 0.3) is 11.0 Å². The Morgan fingerprint density at radius 1 is 0.923 bits per heavy atom. The fraction of sp³-hybridized carbons (Fsp3) is 0.320. The lowest BCUT2D eigenvalue weighted by molar-refractivity contribution is 0.0541. The SMILES string of the molecule is COCCOCCOc1c(Nc2nc3ccccc3nc2NS(=O)(=O)c2cn(C)cn2)cc(OC)cc1OC. The van der Waals surface area contributed by atoms with Crippen LogP contribution in [0.1, 0.15) is 0 Å². The molecule has 0 atom stereocenters. The monoisotopic (exact) mass is 558 g/mol. The van der Waals surface area contributed by atoms with Crippen LogP contribution in [0.15, 0.2) is 53.9 Å². The van der Waals surface area contributed by atoms with Crippen LogP contribution in [-0.2, 0) is 26.5 Å². The van der Waals surface area contributed by atoms with Gasteiger partial charge in [-0.15, -0.1) is 0 Å². The third kappa shape index (κ3) is 6.85. The molecule has 0 unspecified atom stereocenters. The summed E-state index contributed by atoms with van der Waals surface area (Å²) in [6.07, 6.45) is 2.78. The number of benzene rings is 2. The number of nitrogens with one attached hydrogen (secondary N) is 2. The smallest absolute Gasteiger partial charge is 0.282 e. The molecule has 0 aliphatic rings. The number of ether oxygens (including phenoxy) is 5. The van der Waals surface area contributed by atoms with Crippen molar-refractivity contribution in [1.82, 2.24) is 19.5 Å². The lowest BCUT2D eigenvalue weighted by Crippen LogP contribution is -2.16. The van der Waals surface area contributed by atoms with Gasteiger partial charge < -0.3 is 33.6 Å². The minimum absolute atomic E-state index is 0.0324. The number of anilines is 3. The van der Waals surface area contributed by atoms with E-state index in [0.717, 1.165) is 0 Å². The quantitative estimate of drug-likeness (QED) is 0.220. The van der Waals surface area contributed by atoms with Crippen molar-refractivity contribution in [2.75, 3.05) is 57.8 Å². The lowest BCUT2D eigenvalue weighted by atomic mass is 10.2. The molecule has 0 radical (unpaired) electrons. The molecule has 0 aliphatic heterocycles. The zero-order chi connectivity index (χ0) is 27.8. The molecule has 14 heteroatoms. The van der Waals surface area contributed by atoms with Gasteiger partial charge in [-0.05, 0) is 12.1 Å². The van der Waals surface area contributed by atoms with Gasteiger partial charge in [-0.1, -0.05) is 12.1 Å². The maximum absolute atomic E-state index is 13.1. The topological polar surface area (TPSA) is 148 Å². The van der Waals surface area contributed by atoms with E-state index in [1.165, 1.54) is 31.3 Å². The van der Waals surface area contributed by atoms with E-state index in [2.05, 4.69) is 25.0 Å². The molecule has 208 valence electrons. The number of fused-ring (bicyclic) bond motifs is 1. The highest BCUT2D eigenvalue weighted by Crippen LogP contribution is 2.41. The van der Waals surface area contributed by atoms with Crippen LogP contribution in [0.4, 0.5) is 17.3 Å². The summed E-state index contributed by atoms with van der Waals surface area (Å²) in [4.78, 5) is 13.1. The number of nitrogens with zero attached hydrogens (tertiary/aromatic N) is 4. The number of sulfonamides is 1. The number of aromatic nitrogens is 4. The molecule has 4 aromatic rings. The lowest BCUT2D eigenvalue weighted by Gasteiger charge is -2.19. The Labute approximate surface area is 226 Å². The van der Waals surface area contributed by atoms with Crippen molar-refractivity contribution < 1.29 is 32.1 Å². The number of aryl methyl sites for hydroxylation is 1. The van der Waals surface area contributed by atoms with Gasteiger partial charge >= 0.3 is 0 Å². The van der Waals surface area contributed by atoms with Gasteiger partial charge in [-0.3, -0.25) is 4.72 Å². The summed E-state index contributed by atoms with van der Waals surface area (Å²) in [6, 6.07) is 10.4. The predicted octanol–water partition coefficient (Wildman–Crippen LogP) is 2.97. The largest absolute Gasteiger partial charge is 0.497 e. The molecular formula is C25H30N6O7S. The molecule has 2 N–H and O–H groups in total. The average Bonchev–Trinajstić information content (AvgIpc) is 3.38. The second-order valence-corrected chi connectivity index (χ2v) is 9.81. The normalized spacial score (nSPS) is 11.4. The van der Waals surface area contributed by atoms with E-state index in [9.17, 15) is 8.42 Å². The fourth-order valence-corrected chi connectivity index (χ4v) is 4.52. The molecule has 0 saturated carbocycles. The summed E-state index contributed by atoms with van der Waals surface area (Å²) in [5.74, 6) is 1.31. The molecular weight excluding hydrogens is 528 g/mol. The summed E-state index contributed by atoms with van der Waals surface area (Å²) < 4.78 is 57.7. The van der Waals surface area contributed by atoms with Crippen molar-refractivity contribution in [2.45, 2.75) is 5.03 Å². The third-order valence-electron chi connectivity index (χ3n) is 5.40. The van der Waals surface area contributed by atoms with E-state index in [-0.39, 0.29) is 23.3 Å². The van der Waals surface area contributed by atoms with E-state index in [4.69, 9.17) is 23.7 Å². The molecule has 0 bridgehead atoms. The van der Waals surface area contributed by atoms with Crippen LogP contribution in [0.2, 0.25) is 0 Å². The Morgan fingerprint density at radius 3 is 2.28 bits per heavy atom. The first-order valence-electron chi connectivity index (χ1n) is 11.8. The molecule has 0 amide bonds. The Kier molecular flexibility index (Phi) is 9.01. The molecule has 0 spiro atoms. The predicted molar refractivity (Wildman–Crippen MR) is 145 cm³/mol. The van der Waals surface area contributed by atoms with E-state index in [1.807, 2.05) is 6.07 Å². The molecule has 4 rings (SSSR count). The Bertz CT molecular complexity index is 1530. The summed E-state index contributed by atoms with van der Waals surface area (Å²) >= 11 is 0. The zero-order valence-corrected chi connectivity index (χ0v) is 22.8. The highest BCUT2D eigenvalue weighted by atomic mass is 32.2. The van der Waals surface area contributed by atoms with E-state index < -0.39 is 10.0 Å². The Balaban J connectivity index is 1.72. The van der Waals surface area contributed by atoms with Gasteiger partial charge in [0.2, 0.25) is 0 Å². The number of hydrogen-bond acceptors (Lipinski definition) is 11. The van der Waals surface area contributed by atoms with Crippen molar-refractivity contribution in [1.29, 1.82) is 0 Å². The van der Waals surface area contributed by atoms with E-state index in [1.54, 1.807) is 44.5 Å². The van der Waals surface area contributed by atoms with Gasteiger partial charge in [0, 0.05) is 32.5 Å². The van der Waals surface area contributed by atoms with Gasteiger partial charge in [0.25, 0.3) is 10.0 Å². The van der Waals surface area contributed by atoms with E-state index in [0.29, 0.717) is 53.8 Å². The van der Waals surface area contributed by atoms with E-state index >= 15 is 0 Å². The van der Waals surface area contributed by atoms with Crippen molar-refractivity contribution in [3.63, 3.8) is 0 Å². The Morgan fingerprint density at radius 2 is 1.64 bits per heavy atom. The van der Waals surface area contributed by atoms with Crippen LogP contribution >= 0.6 is 0 Å². The zero-order valence-electron chi connectivity index (χ0n) is 22.0. The number of methoxy groups -OCH3 is 3. The molecule has 13 nitrogen and oxygen atoms in total. The first-order valence-corrected chi connectivity index (χ1v) is 13.3. The second kappa shape index (κ2) is 12.6. The molecule has 2 aromatic carbocycles. The molecule has 0 saturated heterocycles. The summed E-state index contributed by atoms with van der Waals surface area (Å²) in [5, 5.41) is 2.99. The van der Waals surface area contributed by atoms with Crippen molar-refractivity contribution in [2.24, 2.45) is 7.05 Å². The molecule has 0 fully saturated rings. The number of rotatable bonds is 14.